The number of carbonyl (C=O) groups is 2. The second-order valence-corrected chi connectivity index (χ2v) is 6.63. The molecule has 0 unspecified atom stereocenters. The van der Waals surface area contributed by atoms with E-state index in [4.69, 9.17) is 0 Å². The fourth-order valence-corrected chi connectivity index (χ4v) is 3.24. The summed E-state index contributed by atoms with van der Waals surface area (Å²) in [5, 5.41) is 0.737. The van der Waals surface area contributed by atoms with Gasteiger partial charge in [-0.2, -0.15) is 0 Å². The molecule has 136 valence electrons. The van der Waals surface area contributed by atoms with Crippen LogP contribution in [0.3, 0.4) is 0 Å². The van der Waals surface area contributed by atoms with Crippen molar-refractivity contribution < 1.29 is 14.0 Å². The van der Waals surface area contributed by atoms with E-state index in [1.165, 1.54) is 35.6 Å². The molecule has 0 aliphatic heterocycles. The van der Waals surface area contributed by atoms with E-state index in [-0.39, 0.29) is 5.82 Å². The second kappa shape index (κ2) is 8.37. The summed E-state index contributed by atoms with van der Waals surface area (Å²) in [5.74, 6) is -1.28. The van der Waals surface area contributed by atoms with Crippen molar-refractivity contribution in [3.63, 3.8) is 0 Å². The van der Waals surface area contributed by atoms with E-state index in [0.29, 0.717) is 16.1 Å². The Balaban J connectivity index is 1.60. The van der Waals surface area contributed by atoms with Crippen LogP contribution < -0.4 is 10.9 Å². The Kier molecular flexibility index (Phi) is 5.73. The Morgan fingerprint density at radius 3 is 2.44 bits per heavy atom. The zero-order chi connectivity index (χ0) is 19.2. The summed E-state index contributed by atoms with van der Waals surface area (Å²) in [5.41, 5.74) is 6.88. The molecule has 5 nitrogen and oxygen atoms in total. The number of nitrogens with zero attached hydrogens (tertiary/aromatic N) is 1. The number of nitrogens with one attached hydrogen (secondary N) is 2. The first-order valence-electron chi connectivity index (χ1n) is 8.10. The van der Waals surface area contributed by atoms with Crippen molar-refractivity contribution in [2.24, 2.45) is 0 Å². The van der Waals surface area contributed by atoms with Crippen LogP contribution in [0.1, 0.15) is 20.9 Å². The lowest BCUT2D eigenvalue weighted by Gasteiger charge is -2.03. The van der Waals surface area contributed by atoms with Crippen molar-refractivity contribution in [2.75, 3.05) is 0 Å². The molecule has 0 aliphatic carbocycles. The Bertz CT molecular complexity index is 982. The molecule has 7 heteroatoms. The number of hydrogen-bond acceptors (Lipinski definition) is 4. The molecule has 3 aromatic rings. The minimum Gasteiger partial charge on any atom is -0.268 e. The first kappa shape index (κ1) is 18.5. The Morgan fingerprint density at radius 2 is 1.74 bits per heavy atom. The number of benzene rings is 2. The van der Waals surface area contributed by atoms with Gasteiger partial charge in [-0.15, -0.1) is 11.3 Å². The fraction of sp³-hybridized carbons (Fsp3) is 0.0500. The molecule has 0 aliphatic rings. The summed E-state index contributed by atoms with van der Waals surface area (Å²) in [6.07, 6.45) is 2.77. The third kappa shape index (κ3) is 4.86. The molecule has 2 amide bonds. The number of aromatic nitrogens is 1. The van der Waals surface area contributed by atoms with Gasteiger partial charge in [-0.1, -0.05) is 42.5 Å². The van der Waals surface area contributed by atoms with E-state index in [1.54, 1.807) is 19.1 Å². The van der Waals surface area contributed by atoms with Crippen LogP contribution in [0.25, 0.3) is 16.6 Å². The van der Waals surface area contributed by atoms with E-state index in [9.17, 15) is 14.0 Å². The van der Waals surface area contributed by atoms with Crippen molar-refractivity contribution in [2.45, 2.75) is 6.92 Å². The topological polar surface area (TPSA) is 71.1 Å². The van der Waals surface area contributed by atoms with Crippen LogP contribution in [0.5, 0.6) is 0 Å². The lowest BCUT2D eigenvalue weighted by atomic mass is 10.2. The summed E-state index contributed by atoms with van der Waals surface area (Å²) in [4.78, 5) is 29.0. The number of carbonyl (C=O) groups excluding carboxylic acids is 2. The number of hydrogen-bond donors (Lipinski definition) is 2. The molecule has 0 atom stereocenters. The molecule has 3 rings (SSSR count). The molecule has 27 heavy (non-hydrogen) atoms. The van der Waals surface area contributed by atoms with Crippen molar-refractivity contribution in [3.05, 3.63) is 82.6 Å². The Labute approximate surface area is 159 Å². The number of thiazole rings is 1. The summed E-state index contributed by atoms with van der Waals surface area (Å²) < 4.78 is 12.8. The molecule has 0 radical (unpaired) electrons. The maximum Gasteiger partial charge on any atom is 0.281 e. The number of rotatable bonds is 4. The highest BCUT2D eigenvalue weighted by Gasteiger charge is 2.16. The third-order valence-corrected chi connectivity index (χ3v) is 4.83. The van der Waals surface area contributed by atoms with Gasteiger partial charge in [0.2, 0.25) is 0 Å². The molecule has 0 saturated heterocycles. The third-order valence-electron chi connectivity index (χ3n) is 3.62. The zero-order valence-corrected chi connectivity index (χ0v) is 15.2. The highest BCUT2D eigenvalue weighted by molar-refractivity contribution is 7.17. The monoisotopic (exact) mass is 381 g/mol. The zero-order valence-electron chi connectivity index (χ0n) is 14.4. The van der Waals surface area contributed by atoms with Crippen LogP contribution in [-0.2, 0) is 4.79 Å². The average Bonchev–Trinajstić information content (AvgIpc) is 3.08. The summed E-state index contributed by atoms with van der Waals surface area (Å²) in [6.45, 7) is 1.74. The number of halogens is 1. The van der Waals surface area contributed by atoms with Crippen molar-refractivity contribution >= 4 is 29.2 Å². The van der Waals surface area contributed by atoms with Gasteiger partial charge in [-0.05, 0) is 30.7 Å². The normalized spacial score (nSPS) is 10.7. The first-order valence-corrected chi connectivity index (χ1v) is 8.91. The van der Waals surface area contributed by atoms with Gasteiger partial charge in [0.05, 0.1) is 5.69 Å². The van der Waals surface area contributed by atoms with Gasteiger partial charge in [-0.3, -0.25) is 20.4 Å². The summed E-state index contributed by atoms with van der Waals surface area (Å²) >= 11 is 1.26. The standard InChI is InChI=1S/C20H16FN3O2S/c1-13-18(27-20(22-13)15-5-3-2-4-6-15)19(26)24-23-17(25)12-9-14-7-10-16(21)11-8-14/h2-12H,1H3,(H,23,25)(H,24,26)/b12-9+. The Morgan fingerprint density at radius 1 is 1.04 bits per heavy atom. The van der Waals surface area contributed by atoms with Crippen LogP contribution in [0.2, 0.25) is 0 Å². The van der Waals surface area contributed by atoms with E-state index in [2.05, 4.69) is 15.8 Å². The maximum atomic E-state index is 12.8. The smallest absolute Gasteiger partial charge is 0.268 e. The van der Waals surface area contributed by atoms with Crippen molar-refractivity contribution in [3.8, 4) is 10.6 Å². The minimum absolute atomic E-state index is 0.348. The number of amides is 2. The first-order chi connectivity index (χ1) is 13.0. The molecule has 2 aromatic carbocycles. The van der Waals surface area contributed by atoms with Gasteiger partial charge in [0.1, 0.15) is 15.7 Å². The van der Waals surface area contributed by atoms with E-state index in [0.717, 1.165) is 10.6 Å². The quantitative estimate of drug-likeness (QED) is 0.534. The summed E-state index contributed by atoms with van der Waals surface area (Å²) in [6, 6.07) is 15.2. The number of aryl methyl sites for hydroxylation is 1. The maximum absolute atomic E-state index is 12.8. The highest BCUT2D eigenvalue weighted by Crippen LogP contribution is 2.27. The van der Waals surface area contributed by atoms with Crippen molar-refractivity contribution in [1.29, 1.82) is 0 Å². The molecule has 1 heterocycles. The van der Waals surface area contributed by atoms with E-state index in [1.807, 2.05) is 30.3 Å². The van der Waals surface area contributed by atoms with Gasteiger partial charge in [0, 0.05) is 11.6 Å². The van der Waals surface area contributed by atoms with Crippen LogP contribution in [0.15, 0.2) is 60.7 Å². The lowest BCUT2D eigenvalue weighted by molar-refractivity contribution is -0.117. The molecular formula is C20H16FN3O2S. The molecule has 1 aromatic heterocycles. The van der Waals surface area contributed by atoms with Crippen LogP contribution in [-0.4, -0.2) is 16.8 Å². The predicted octanol–water partition coefficient (Wildman–Crippen LogP) is 3.73. The Hall–Kier alpha value is -3.32. The van der Waals surface area contributed by atoms with Crippen LogP contribution >= 0.6 is 11.3 Å². The SMILES string of the molecule is Cc1nc(-c2ccccc2)sc1C(=O)NNC(=O)/C=C/c1ccc(F)cc1. The molecule has 2 N–H and O–H groups in total. The van der Waals surface area contributed by atoms with Gasteiger partial charge < -0.3 is 0 Å². The van der Waals surface area contributed by atoms with Crippen molar-refractivity contribution in [1.82, 2.24) is 15.8 Å². The van der Waals surface area contributed by atoms with Crippen LogP contribution in [0, 0.1) is 12.7 Å². The number of hydrazine groups is 1. The predicted molar refractivity (Wildman–Crippen MR) is 103 cm³/mol. The lowest BCUT2D eigenvalue weighted by Crippen LogP contribution is -2.40. The summed E-state index contributed by atoms with van der Waals surface area (Å²) in [7, 11) is 0. The molecule has 0 spiro atoms. The molecule has 0 fully saturated rings. The highest BCUT2D eigenvalue weighted by atomic mass is 32.1. The fourth-order valence-electron chi connectivity index (χ4n) is 2.27. The molecular weight excluding hydrogens is 365 g/mol. The van der Waals surface area contributed by atoms with Gasteiger partial charge in [0.25, 0.3) is 11.8 Å². The molecule has 0 bridgehead atoms. The largest absolute Gasteiger partial charge is 0.281 e. The van der Waals surface area contributed by atoms with Gasteiger partial charge >= 0.3 is 0 Å². The molecule has 0 saturated carbocycles. The average molecular weight is 381 g/mol. The van der Waals surface area contributed by atoms with Crippen LogP contribution in [0.4, 0.5) is 4.39 Å². The van der Waals surface area contributed by atoms with Gasteiger partial charge in [-0.25, -0.2) is 9.37 Å². The van der Waals surface area contributed by atoms with E-state index < -0.39 is 11.8 Å². The van der Waals surface area contributed by atoms with E-state index >= 15 is 0 Å². The van der Waals surface area contributed by atoms with Gasteiger partial charge in [0.15, 0.2) is 0 Å². The second-order valence-electron chi connectivity index (χ2n) is 5.63. The minimum atomic E-state index is -0.502.